The summed E-state index contributed by atoms with van der Waals surface area (Å²) >= 11 is 0. The second kappa shape index (κ2) is 5.00. The van der Waals surface area contributed by atoms with E-state index in [1.807, 2.05) is 0 Å². The highest BCUT2D eigenvalue weighted by atomic mass is 16.5. The maximum absolute atomic E-state index is 6.23. The van der Waals surface area contributed by atoms with Crippen molar-refractivity contribution >= 4 is 0 Å². The molecular weight excluding hydrogens is 204 g/mol. The second-order valence-corrected chi connectivity index (χ2v) is 5.27. The summed E-state index contributed by atoms with van der Waals surface area (Å²) in [7, 11) is 3.52. The zero-order valence-electron chi connectivity index (χ0n) is 10.4. The molecule has 0 bridgehead atoms. The molecule has 0 aromatic heterocycles. The van der Waals surface area contributed by atoms with E-state index in [1.54, 1.807) is 14.2 Å². The summed E-state index contributed by atoms with van der Waals surface area (Å²) in [6, 6.07) is 0. The maximum atomic E-state index is 6.23. The molecule has 0 spiro atoms. The van der Waals surface area contributed by atoms with Crippen LogP contribution in [0.1, 0.15) is 25.7 Å². The van der Waals surface area contributed by atoms with Crippen LogP contribution in [0.3, 0.4) is 0 Å². The highest BCUT2D eigenvalue weighted by Crippen LogP contribution is 2.32. The van der Waals surface area contributed by atoms with E-state index in [2.05, 4.69) is 4.90 Å². The minimum absolute atomic E-state index is 0.133. The van der Waals surface area contributed by atoms with Gasteiger partial charge in [-0.1, -0.05) is 0 Å². The molecule has 2 aliphatic rings. The van der Waals surface area contributed by atoms with Gasteiger partial charge in [-0.2, -0.15) is 0 Å². The van der Waals surface area contributed by atoms with Gasteiger partial charge in [0.25, 0.3) is 0 Å². The number of likely N-dealkylation sites (tertiary alicyclic amines) is 1. The summed E-state index contributed by atoms with van der Waals surface area (Å²) in [6.07, 6.45) is 5.25. The molecule has 2 rings (SSSR count). The lowest BCUT2D eigenvalue weighted by Crippen LogP contribution is -2.48. The summed E-state index contributed by atoms with van der Waals surface area (Å²) in [6.45, 7) is 3.03. The summed E-state index contributed by atoms with van der Waals surface area (Å²) in [5.41, 5.74) is 6.36. The smallest absolute Gasteiger partial charge is 0.0971 e. The van der Waals surface area contributed by atoms with Gasteiger partial charge in [0.2, 0.25) is 0 Å². The van der Waals surface area contributed by atoms with Crippen LogP contribution in [0.15, 0.2) is 0 Å². The van der Waals surface area contributed by atoms with Crippen molar-refractivity contribution in [3.8, 4) is 0 Å². The fraction of sp³-hybridized carbons (Fsp3) is 1.00. The molecule has 4 heteroatoms. The molecule has 94 valence electrons. The van der Waals surface area contributed by atoms with Gasteiger partial charge in [0.1, 0.15) is 0 Å². The Balaban J connectivity index is 1.75. The number of ether oxygens (including phenoxy) is 2. The third kappa shape index (κ3) is 2.56. The van der Waals surface area contributed by atoms with Gasteiger partial charge in [-0.25, -0.2) is 0 Å². The summed E-state index contributed by atoms with van der Waals surface area (Å²) in [5.74, 6) is 0. The highest BCUT2D eigenvalue weighted by Gasteiger charge is 2.36. The van der Waals surface area contributed by atoms with Gasteiger partial charge in [0.15, 0.2) is 0 Å². The van der Waals surface area contributed by atoms with Gasteiger partial charge in [-0.05, 0) is 25.7 Å². The maximum Gasteiger partial charge on any atom is 0.0971 e. The van der Waals surface area contributed by atoms with Crippen LogP contribution < -0.4 is 5.73 Å². The zero-order valence-corrected chi connectivity index (χ0v) is 10.4. The second-order valence-electron chi connectivity index (χ2n) is 5.27. The molecule has 2 fully saturated rings. The average Bonchev–Trinajstić information content (AvgIpc) is 2.66. The Labute approximate surface area is 98.1 Å². The van der Waals surface area contributed by atoms with Crippen molar-refractivity contribution in [3.05, 3.63) is 0 Å². The highest BCUT2D eigenvalue weighted by molar-refractivity contribution is 4.94. The van der Waals surface area contributed by atoms with Crippen LogP contribution in [0.2, 0.25) is 0 Å². The topological polar surface area (TPSA) is 47.7 Å². The van der Waals surface area contributed by atoms with Crippen molar-refractivity contribution in [1.29, 1.82) is 0 Å². The van der Waals surface area contributed by atoms with Crippen LogP contribution in [0.4, 0.5) is 0 Å². The first-order chi connectivity index (χ1) is 7.67. The van der Waals surface area contributed by atoms with Crippen LogP contribution in [0, 0.1) is 0 Å². The quantitative estimate of drug-likeness (QED) is 0.749. The predicted molar refractivity (Wildman–Crippen MR) is 63.4 cm³/mol. The predicted octanol–water partition coefficient (Wildman–Crippen LogP) is 0.604. The number of nitrogens with zero attached hydrogens (tertiary/aromatic N) is 1. The Morgan fingerprint density at radius 2 is 1.75 bits per heavy atom. The lowest BCUT2D eigenvalue weighted by atomic mass is 9.75. The Hall–Kier alpha value is -0.160. The molecule has 16 heavy (non-hydrogen) atoms. The van der Waals surface area contributed by atoms with Gasteiger partial charge in [-0.3, -0.25) is 4.90 Å². The van der Waals surface area contributed by atoms with Crippen LogP contribution in [-0.2, 0) is 9.47 Å². The van der Waals surface area contributed by atoms with Crippen molar-refractivity contribution in [2.75, 3.05) is 33.9 Å². The van der Waals surface area contributed by atoms with E-state index in [0.29, 0.717) is 0 Å². The average molecular weight is 228 g/mol. The fourth-order valence-electron chi connectivity index (χ4n) is 2.72. The minimum atomic E-state index is 0.133. The first-order valence-corrected chi connectivity index (χ1v) is 6.24. The molecule has 0 aromatic rings. The van der Waals surface area contributed by atoms with Crippen LogP contribution in [0.25, 0.3) is 0 Å². The van der Waals surface area contributed by atoms with E-state index in [4.69, 9.17) is 15.2 Å². The van der Waals surface area contributed by atoms with Crippen LogP contribution in [-0.4, -0.2) is 56.5 Å². The molecule has 1 aliphatic carbocycles. The Kier molecular flexibility index (Phi) is 3.85. The molecule has 1 heterocycles. The van der Waals surface area contributed by atoms with E-state index in [-0.39, 0.29) is 17.7 Å². The van der Waals surface area contributed by atoms with Gasteiger partial charge in [0, 0.05) is 39.4 Å². The first kappa shape index (κ1) is 12.3. The summed E-state index contributed by atoms with van der Waals surface area (Å²) in [4.78, 5) is 2.41. The number of hydrogen-bond acceptors (Lipinski definition) is 4. The van der Waals surface area contributed by atoms with E-state index in [1.165, 1.54) is 19.3 Å². The monoisotopic (exact) mass is 228 g/mol. The Morgan fingerprint density at radius 1 is 1.19 bits per heavy atom. The third-order valence-corrected chi connectivity index (χ3v) is 4.17. The number of rotatable bonds is 5. The largest absolute Gasteiger partial charge is 0.377 e. The lowest BCUT2D eigenvalue weighted by Gasteiger charge is -2.39. The van der Waals surface area contributed by atoms with Crippen molar-refractivity contribution in [1.82, 2.24) is 4.90 Å². The minimum Gasteiger partial charge on any atom is -0.377 e. The van der Waals surface area contributed by atoms with E-state index in [9.17, 15) is 0 Å². The van der Waals surface area contributed by atoms with Gasteiger partial charge in [-0.15, -0.1) is 0 Å². The van der Waals surface area contributed by atoms with E-state index >= 15 is 0 Å². The fourth-order valence-corrected chi connectivity index (χ4v) is 2.72. The number of hydrogen-bond donors (Lipinski definition) is 1. The first-order valence-electron chi connectivity index (χ1n) is 6.24. The molecule has 1 saturated heterocycles. The third-order valence-electron chi connectivity index (χ3n) is 4.17. The molecule has 2 atom stereocenters. The van der Waals surface area contributed by atoms with Gasteiger partial charge < -0.3 is 15.2 Å². The molecule has 4 nitrogen and oxygen atoms in total. The van der Waals surface area contributed by atoms with Crippen molar-refractivity contribution in [2.45, 2.75) is 43.4 Å². The molecule has 2 unspecified atom stereocenters. The van der Waals surface area contributed by atoms with Crippen LogP contribution in [0.5, 0.6) is 0 Å². The number of methoxy groups -OCH3 is 2. The molecule has 2 N–H and O–H groups in total. The van der Waals surface area contributed by atoms with Crippen molar-refractivity contribution < 1.29 is 9.47 Å². The van der Waals surface area contributed by atoms with E-state index < -0.39 is 0 Å². The molecule has 1 aliphatic heterocycles. The standard InChI is InChI=1S/C12H24N2O2/c1-15-10-8-14(9-11(10)16-2)7-6-12(13)4-3-5-12/h10-11H,3-9,13H2,1-2H3. The van der Waals surface area contributed by atoms with Crippen molar-refractivity contribution in [3.63, 3.8) is 0 Å². The summed E-state index contributed by atoms with van der Waals surface area (Å²) < 4.78 is 10.8. The van der Waals surface area contributed by atoms with Gasteiger partial charge in [0.05, 0.1) is 12.2 Å². The molecule has 1 saturated carbocycles. The summed E-state index contributed by atoms with van der Waals surface area (Å²) in [5, 5.41) is 0. The zero-order chi connectivity index (χ0) is 11.6. The van der Waals surface area contributed by atoms with Crippen LogP contribution >= 0.6 is 0 Å². The van der Waals surface area contributed by atoms with Crippen molar-refractivity contribution in [2.24, 2.45) is 5.73 Å². The SMILES string of the molecule is COC1CN(CCC2(N)CCC2)CC1OC. The lowest BCUT2D eigenvalue weighted by molar-refractivity contribution is -0.00461. The number of nitrogens with two attached hydrogens (primary N) is 1. The molecule has 0 amide bonds. The Morgan fingerprint density at radius 3 is 2.12 bits per heavy atom. The molecular formula is C12H24N2O2. The molecule has 0 radical (unpaired) electrons. The van der Waals surface area contributed by atoms with E-state index in [0.717, 1.165) is 26.1 Å². The normalized spacial score (nSPS) is 33.9. The Bertz CT molecular complexity index is 219. The van der Waals surface area contributed by atoms with Gasteiger partial charge >= 0.3 is 0 Å². The molecule has 0 aromatic carbocycles.